The first kappa shape index (κ1) is 24.0. The summed E-state index contributed by atoms with van der Waals surface area (Å²) in [7, 11) is -3.70. The second-order valence-corrected chi connectivity index (χ2v) is 10.5. The van der Waals surface area contributed by atoms with E-state index in [2.05, 4.69) is 0 Å². The van der Waals surface area contributed by atoms with Gasteiger partial charge in [-0.25, -0.2) is 8.42 Å². The van der Waals surface area contributed by atoms with Crippen LogP contribution in [-0.4, -0.2) is 55.9 Å². The van der Waals surface area contributed by atoms with Crippen molar-refractivity contribution in [3.8, 4) is 0 Å². The van der Waals surface area contributed by atoms with Crippen LogP contribution in [0.5, 0.6) is 0 Å². The fourth-order valence-electron chi connectivity index (χ4n) is 3.41. The summed E-state index contributed by atoms with van der Waals surface area (Å²) in [6, 6.07) is 9.85. The van der Waals surface area contributed by atoms with Crippen LogP contribution in [-0.2, 0) is 21.3 Å². The molecule has 0 N–H and O–H groups in total. The van der Waals surface area contributed by atoms with Crippen LogP contribution < -0.4 is 0 Å². The quantitative estimate of drug-likeness (QED) is 0.610. The molecular weight excluding hydrogens is 459 g/mol. The summed E-state index contributed by atoms with van der Waals surface area (Å²) in [6.45, 7) is 7.29. The highest BCUT2D eigenvalue weighted by Crippen LogP contribution is 2.26. The Bertz CT molecular complexity index is 1070. The average Bonchev–Trinajstić information content (AvgIpc) is 2.74. The third-order valence-electron chi connectivity index (χ3n) is 5.27. The lowest BCUT2D eigenvalue weighted by Crippen LogP contribution is -2.41. The number of carbonyl (C=O) groups is 1. The van der Waals surface area contributed by atoms with E-state index in [9.17, 15) is 13.2 Å². The van der Waals surface area contributed by atoms with Crippen molar-refractivity contribution in [2.75, 3.05) is 26.3 Å². The van der Waals surface area contributed by atoms with Crippen molar-refractivity contribution in [2.24, 2.45) is 0 Å². The molecule has 1 aliphatic heterocycles. The Labute approximate surface area is 193 Å². The van der Waals surface area contributed by atoms with Gasteiger partial charge in [0, 0.05) is 31.2 Å². The normalized spacial score (nSPS) is 15.3. The maximum Gasteiger partial charge on any atom is 0.254 e. The van der Waals surface area contributed by atoms with Gasteiger partial charge >= 0.3 is 0 Å². The molecule has 0 unspecified atom stereocenters. The van der Waals surface area contributed by atoms with Gasteiger partial charge in [0.15, 0.2) is 0 Å². The van der Waals surface area contributed by atoms with E-state index in [1.807, 2.05) is 19.9 Å². The number of aryl methyl sites for hydroxylation is 1. The number of morpholine rings is 1. The Morgan fingerprint density at radius 1 is 1.10 bits per heavy atom. The molecule has 1 fully saturated rings. The van der Waals surface area contributed by atoms with Crippen molar-refractivity contribution in [2.45, 2.75) is 38.3 Å². The summed E-state index contributed by atoms with van der Waals surface area (Å²) in [6.07, 6.45) is 0. The average molecular weight is 485 g/mol. The minimum atomic E-state index is -3.70. The fourth-order valence-corrected chi connectivity index (χ4v) is 5.16. The highest BCUT2D eigenvalue weighted by Gasteiger charge is 2.28. The third kappa shape index (κ3) is 5.41. The minimum absolute atomic E-state index is 0.110. The molecule has 168 valence electrons. The van der Waals surface area contributed by atoms with Gasteiger partial charge < -0.3 is 9.64 Å². The summed E-state index contributed by atoms with van der Waals surface area (Å²) < 4.78 is 32.8. The fraction of sp³-hybridized carbons (Fsp3) is 0.409. The molecule has 0 saturated carbocycles. The van der Waals surface area contributed by atoms with Gasteiger partial charge in [-0.3, -0.25) is 4.79 Å². The van der Waals surface area contributed by atoms with Gasteiger partial charge in [0.25, 0.3) is 5.91 Å². The zero-order valence-corrected chi connectivity index (χ0v) is 20.1. The second-order valence-electron chi connectivity index (χ2n) is 7.77. The zero-order valence-electron chi connectivity index (χ0n) is 17.8. The number of benzene rings is 2. The van der Waals surface area contributed by atoms with E-state index in [1.165, 1.54) is 10.4 Å². The van der Waals surface area contributed by atoms with Crippen molar-refractivity contribution >= 4 is 39.1 Å². The van der Waals surface area contributed by atoms with Gasteiger partial charge in [-0.15, -0.1) is 0 Å². The summed E-state index contributed by atoms with van der Waals surface area (Å²) in [5.74, 6) is -0.238. The van der Waals surface area contributed by atoms with E-state index in [4.69, 9.17) is 27.9 Å². The van der Waals surface area contributed by atoms with Crippen molar-refractivity contribution in [3.05, 3.63) is 63.1 Å². The standard InChI is InChI=1S/C22H26Cl2N2O4S/c1-15(2)26(14-17-5-7-20(23)21(24)12-17)22(27)19-13-18(6-4-16(19)3)31(28,29)25-8-10-30-11-9-25/h4-7,12-13,15H,8-11,14H2,1-3H3. The maximum absolute atomic E-state index is 13.5. The smallest absolute Gasteiger partial charge is 0.254 e. The molecule has 1 heterocycles. The number of rotatable bonds is 6. The molecule has 1 aliphatic rings. The lowest BCUT2D eigenvalue weighted by Gasteiger charge is -2.29. The van der Waals surface area contributed by atoms with Gasteiger partial charge in [-0.2, -0.15) is 4.31 Å². The number of carbonyl (C=O) groups excluding carboxylic acids is 1. The van der Waals surface area contributed by atoms with Gasteiger partial charge in [0.2, 0.25) is 10.0 Å². The molecule has 1 saturated heterocycles. The summed E-state index contributed by atoms with van der Waals surface area (Å²) in [4.78, 5) is 15.3. The molecule has 2 aromatic rings. The van der Waals surface area contributed by atoms with Crippen LogP contribution in [0, 0.1) is 6.92 Å². The third-order valence-corrected chi connectivity index (χ3v) is 7.90. The van der Waals surface area contributed by atoms with Crippen LogP contribution in [0.25, 0.3) is 0 Å². The second kappa shape index (κ2) is 9.88. The molecule has 6 nitrogen and oxygen atoms in total. The van der Waals surface area contributed by atoms with Crippen LogP contribution in [0.2, 0.25) is 10.0 Å². The summed E-state index contributed by atoms with van der Waals surface area (Å²) in [5, 5.41) is 0.870. The minimum Gasteiger partial charge on any atom is -0.379 e. The number of hydrogen-bond acceptors (Lipinski definition) is 4. The van der Waals surface area contributed by atoms with Crippen LogP contribution in [0.4, 0.5) is 0 Å². The molecule has 9 heteroatoms. The van der Waals surface area contributed by atoms with Crippen molar-refractivity contribution < 1.29 is 17.9 Å². The Hall–Kier alpha value is -1.64. The predicted octanol–water partition coefficient (Wildman–Crippen LogP) is 4.37. The van der Waals surface area contributed by atoms with Gasteiger partial charge in [-0.05, 0) is 56.2 Å². The molecule has 0 radical (unpaired) electrons. The largest absolute Gasteiger partial charge is 0.379 e. The predicted molar refractivity (Wildman–Crippen MR) is 122 cm³/mol. The number of ether oxygens (including phenoxy) is 1. The molecule has 0 atom stereocenters. The molecule has 31 heavy (non-hydrogen) atoms. The topological polar surface area (TPSA) is 66.9 Å². The molecule has 1 amide bonds. The van der Waals surface area contributed by atoms with Crippen LogP contribution >= 0.6 is 23.2 Å². The maximum atomic E-state index is 13.5. The van der Waals surface area contributed by atoms with Crippen molar-refractivity contribution in [3.63, 3.8) is 0 Å². The first-order valence-electron chi connectivity index (χ1n) is 10.0. The SMILES string of the molecule is Cc1ccc(S(=O)(=O)N2CCOCC2)cc1C(=O)N(Cc1ccc(Cl)c(Cl)c1)C(C)C. The number of amides is 1. The molecule has 2 aromatic carbocycles. The number of sulfonamides is 1. The molecule has 0 aliphatic carbocycles. The number of nitrogens with zero attached hydrogens (tertiary/aromatic N) is 2. The number of halogens is 2. The summed E-state index contributed by atoms with van der Waals surface area (Å²) >= 11 is 12.1. The monoisotopic (exact) mass is 484 g/mol. The van der Waals surface area contributed by atoms with Crippen LogP contribution in [0.15, 0.2) is 41.3 Å². The molecular formula is C22H26Cl2N2O4S. The lowest BCUT2D eigenvalue weighted by molar-refractivity contribution is 0.0689. The Morgan fingerprint density at radius 3 is 2.39 bits per heavy atom. The van der Waals surface area contributed by atoms with Gasteiger partial charge in [-0.1, -0.05) is 35.3 Å². The molecule has 3 rings (SSSR count). The Morgan fingerprint density at radius 2 is 1.77 bits per heavy atom. The Kier molecular flexibility index (Phi) is 7.65. The molecule has 0 bridgehead atoms. The van der Waals surface area contributed by atoms with E-state index < -0.39 is 10.0 Å². The van der Waals surface area contributed by atoms with Crippen LogP contribution in [0.1, 0.15) is 35.3 Å². The highest BCUT2D eigenvalue weighted by atomic mass is 35.5. The van der Waals surface area contributed by atoms with Crippen molar-refractivity contribution in [1.29, 1.82) is 0 Å². The highest BCUT2D eigenvalue weighted by molar-refractivity contribution is 7.89. The zero-order chi connectivity index (χ0) is 22.8. The van der Waals surface area contributed by atoms with E-state index in [0.29, 0.717) is 54.0 Å². The van der Waals surface area contributed by atoms with E-state index in [0.717, 1.165) is 5.56 Å². The molecule has 0 aromatic heterocycles. The molecule has 0 spiro atoms. The van der Waals surface area contributed by atoms with E-state index in [-0.39, 0.29) is 16.8 Å². The van der Waals surface area contributed by atoms with Crippen LogP contribution in [0.3, 0.4) is 0 Å². The Balaban J connectivity index is 1.92. The van der Waals surface area contributed by atoms with E-state index >= 15 is 0 Å². The van der Waals surface area contributed by atoms with Gasteiger partial charge in [0.1, 0.15) is 0 Å². The van der Waals surface area contributed by atoms with Crippen molar-refractivity contribution in [1.82, 2.24) is 9.21 Å². The lowest BCUT2D eigenvalue weighted by atomic mass is 10.1. The van der Waals surface area contributed by atoms with Gasteiger partial charge in [0.05, 0.1) is 28.2 Å². The first-order valence-corrected chi connectivity index (χ1v) is 12.2. The summed E-state index contributed by atoms with van der Waals surface area (Å²) in [5.41, 5.74) is 1.92. The first-order chi connectivity index (χ1) is 14.6. The number of hydrogen-bond donors (Lipinski definition) is 0. The van der Waals surface area contributed by atoms with E-state index in [1.54, 1.807) is 36.1 Å².